The van der Waals surface area contributed by atoms with Crippen molar-refractivity contribution < 1.29 is 28.2 Å². The van der Waals surface area contributed by atoms with Crippen LogP contribution in [0.2, 0.25) is 0 Å². The van der Waals surface area contributed by atoms with Gasteiger partial charge in [0.15, 0.2) is 0 Å². The molecule has 0 spiro atoms. The topological polar surface area (TPSA) is 107 Å². The Bertz CT molecular complexity index is 918. The average Bonchev–Trinajstić information content (AvgIpc) is 2.77. The molecule has 1 saturated heterocycles. The molecular formula is C19H23F2N5O4. The first-order chi connectivity index (χ1) is 14.0. The Morgan fingerprint density at radius 3 is 2.70 bits per heavy atom. The normalized spacial score (nSPS) is 23.6. The van der Waals surface area contributed by atoms with Crippen LogP contribution in [0, 0.1) is 0 Å². The molecule has 30 heavy (non-hydrogen) atoms. The number of rotatable bonds is 4. The second-order valence-corrected chi connectivity index (χ2v) is 7.37. The molecule has 3 rings (SSSR count). The number of hydrogen-bond acceptors (Lipinski definition) is 7. The maximum atomic E-state index is 14.4. The van der Waals surface area contributed by atoms with Gasteiger partial charge in [-0.1, -0.05) is 0 Å². The fourth-order valence-electron chi connectivity index (χ4n) is 3.41. The van der Waals surface area contributed by atoms with Crippen LogP contribution in [0.3, 0.4) is 0 Å². The molecule has 0 radical (unpaired) electrons. The first-order valence-corrected chi connectivity index (χ1v) is 9.26. The van der Waals surface area contributed by atoms with E-state index in [2.05, 4.69) is 15.3 Å². The molecule has 0 aromatic heterocycles. The summed E-state index contributed by atoms with van der Waals surface area (Å²) in [5.74, 6) is -5.52. The minimum Gasteiger partial charge on any atom is -0.495 e. The fourth-order valence-corrected chi connectivity index (χ4v) is 3.41. The van der Waals surface area contributed by atoms with Crippen molar-refractivity contribution in [3.8, 4) is 5.75 Å². The lowest BCUT2D eigenvalue weighted by atomic mass is 10.1. The summed E-state index contributed by atoms with van der Waals surface area (Å²) >= 11 is 0. The van der Waals surface area contributed by atoms with Gasteiger partial charge in [0.2, 0.25) is 5.96 Å². The van der Waals surface area contributed by atoms with Gasteiger partial charge in [0.25, 0.3) is 5.91 Å². The predicted molar refractivity (Wildman–Crippen MR) is 107 cm³/mol. The van der Waals surface area contributed by atoms with Gasteiger partial charge in [0.1, 0.15) is 18.0 Å². The minimum absolute atomic E-state index is 0.0451. The zero-order chi connectivity index (χ0) is 22.2. The molecule has 2 aliphatic heterocycles. The number of nitrogens with one attached hydrogen (secondary N) is 1. The summed E-state index contributed by atoms with van der Waals surface area (Å²) in [4.78, 5) is 34.4. The number of benzene rings is 1. The lowest BCUT2D eigenvalue weighted by Gasteiger charge is -2.36. The van der Waals surface area contributed by atoms with E-state index in [0.717, 1.165) is 4.90 Å². The van der Waals surface area contributed by atoms with Crippen molar-refractivity contribution in [3.05, 3.63) is 23.8 Å². The Morgan fingerprint density at radius 2 is 2.10 bits per heavy atom. The SMILES string of the molecule is COc1cc(C(=O)O)ccc1NC1=NC2C(C=N1)N(C)C(=O)C(F)(F)CN2C(C)C. The van der Waals surface area contributed by atoms with E-state index < -0.39 is 36.6 Å². The average molecular weight is 423 g/mol. The molecule has 1 aromatic rings. The first-order valence-electron chi connectivity index (χ1n) is 9.26. The van der Waals surface area contributed by atoms with Crippen LogP contribution >= 0.6 is 0 Å². The van der Waals surface area contributed by atoms with Crippen LogP contribution in [0.25, 0.3) is 0 Å². The number of halogens is 2. The highest BCUT2D eigenvalue weighted by molar-refractivity contribution is 6.02. The molecule has 11 heteroatoms. The minimum atomic E-state index is -3.54. The van der Waals surface area contributed by atoms with Crippen LogP contribution in [0.15, 0.2) is 28.2 Å². The van der Waals surface area contributed by atoms with Gasteiger partial charge in [-0.2, -0.15) is 8.78 Å². The van der Waals surface area contributed by atoms with Crippen molar-refractivity contribution >= 4 is 29.7 Å². The number of aromatic carboxylic acids is 1. The summed E-state index contributed by atoms with van der Waals surface area (Å²) in [7, 11) is 2.70. The lowest BCUT2D eigenvalue weighted by Crippen LogP contribution is -2.53. The summed E-state index contributed by atoms with van der Waals surface area (Å²) in [6.45, 7) is 2.76. The van der Waals surface area contributed by atoms with Gasteiger partial charge in [-0.15, -0.1) is 0 Å². The number of methoxy groups -OCH3 is 1. The number of hydrogen-bond donors (Lipinski definition) is 2. The number of aliphatic imine (C=N–C) groups is 2. The number of alkyl halides is 2. The lowest BCUT2D eigenvalue weighted by molar-refractivity contribution is -0.155. The van der Waals surface area contributed by atoms with Crippen molar-refractivity contribution in [3.63, 3.8) is 0 Å². The van der Waals surface area contributed by atoms with Crippen LogP contribution in [0.1, 0.15) is 24.2 Å². The maximum Gasteiger partial charge on any atom is 0.337 e. The Hall–Kier alpha value is -3.08. The number of fused-ring (bicyclic) bond motifs is 1. The van der Waals surface area contributed by atoms with Gasteiger partial charge in [0.05, 0.1) is 24.9 Å². The third kappa shape index (κ3) is 3.97. The summed E-state index contributed by atoms with van der Waals surface area (Å²) < 4.78 is 34.0. The van der Waals surface area contributed by atoms with Crippen molar-refractivity contribution in [1.29, 1.82) is 0 Å². The zero-order valence-electron chi connectivity index (χ0n) is 17.0. The number of nitrogens with zero attached hydrogens (tertiary/aromatic N) is 4. The van der Waals surface area contributed by atoms with E-state index in [4.69, 9.17) is 9.84 Å². The molecule has 1 amide bonds. The highest BCUT2D eigenvalue weighted by Crippen LogP contribution is 2.31. The quantitative estimate of drug-likeness (QED) is 0.764. The number of ether oxygens (including phenoxy) is 1. The highest BCUT2D eigenvalue weighted by atomic mass is 19.3. The van der Waals surface area contributed by atoms with E-state index in [1.807, 2.05) is 0 Å². The molecule has 0 aliphatic carbocycles. The highest BCUT2D eigenvalue weighted by Gasteiger charge is 2.52. The molecule has 0 saturated carbocycles. The van der Waals surface area contributed by atoms with Gasteiger partial charge in [-0.3, -0.25) is 9.69 Å². The molecule has 2 N–H and O–H groups in total. The standard InChI is InChI=1S/C19H23F2N5O4/c1-10(2)26-9-19(20,21)17(29)25(3)13-8-22-18(24-15(13)26)23-12-6-5-11(16(27)28)7-14(12)30-4/h5-8,10,13,15H,9H2,1-4H3,(H,23,24)(H,27,28). The predicted octanol–water partition coefficient (Wildman–Crippen LogP) is 1.76. The largest absolute Gasteiger partial charge is 0.495 e. The first kappa shape index (κ1) is 21.6. The zero-order valence-corrected chi connectivity index (χ0v) is 17.0. The molecule has 2 heterocycles. The summed E-state index contributed by atoms with van der Waals surface area (Å²) in [6.07, 6.45) is 0.642. The molecule has 2 aliphatic rings. The summed E-state index contributed by atoms with van der Waals surface area (Å²) in [6, 6.07) is 3.18. The van der Waals surface area contributed by atoms with E-state index in [0.29, 0.717) is 5.69 Å². The number of carbonyl (C=O) groups excluding carboxylic acids is 1. The van der Waals surface area contributed by atoms with E-state index in [1.54, 1.807) is 13.8 Å². The van der Waals surface area contributed by atoms with E-state index in [-0.39, 0.29) is 23.3 Å². The van der Waals surface area contributed by atoms with Gasteiger partial charge < -0.3 is 20.1 Å². The van der Waals surface area contributed by atoms with Gasteiger partial charge in [-0.25, -0.2) is 14.8 Å². The van der Waals surface area contributed by atoms with Crippen LogP contribution in [0.5, 0.6) is 5.75 Å². The Kier molecular flexibility index (Phi) is 5.75. The second-order valence-electron chi connectivity index (χ2n) is 7.37. The van der Waals surface area contributed by atoms with E-state index in [1.165, 1.54) is 43.5 Å². The number of carboxylic acids is 1. The van der Waals surface area contributed by atoms with Crippen LogP contribution < -0.4 is 10.1 Å². The molecule has 9 nitrogen and oxygen atoms in total. The third-order valence-corrected chi connectivity index (χ3v) is 5.07. The molecule has 2 atom stereocenters. The van der Waals surface area contributed by atoms with Crippen molar-refractivity contribution in [2.45, 2.75) is 38.0 Å². The van der Waals surface area contributed by atoms with Gasteiger partial charge in [0, 0.05) is 19.3 Å². The number of carbonyl (C=O) groups is 2. The number of carboxylic acid groups (broad SMARTS) is 1. The molecule has 2 unspecified atom stereocenters. The van der Waals surface area contributed by atoms with E-state index in [9.17, 15) is 18.4 Å². The fraction of sp³-hybridized carbons (Fsp3) is 0.474. The van der Waals surface area contributed by atoms with Crippen LogP contribution in [-0.2, 0) is 4.79 Å². The summed E-state index contributed by atoms with van der Waals surface area (Å²) in [5.41, 5.74) is 0.458. The Morgan fingerprint density at radius 1 is 1.40 bits per heavy atom. The second kappa shape index (κ2) is 7.98. The number of guanidine groups is 1. The molecule has 1 fully saturated rings. The maximum absolute atomic E-state index is 14.4. The molecular weight excluding hydrogens is 400 g/mol. The Balaban J connectivity index is 1.95. The number of amides is 1. The number of anilines is 1. The molecule has 1 aromatic carbocycles. The van der Waals surface area contributed by atoms with E-state index >= 15 is 0 Å². The monoisotopic (exact) mass is 423 g/mol. The Labute approximate surface area is 172 Å². The van der Waals surface area contributed by atoms with Crippen molar-refractivity contribution in [2.24, 2.45) is 9.98 Å². The third-order valence-electron chi connectivity index (χ3n) is 5.07. The smallest absolute Gasteiger partial charge is 0.337 e. The van der Waals surface area contributed by atoms with Gasteiger partial charge >= 0.3 is 11.9 Å². The van der Waals surface area contributed by atoms with Crippen molar-refractivity contribution in [2.75, 3.05) is 26.0 Å². The molecule has 162 valence electrons. The number of likely N-dealkylation sites (N-methyl/N-ethyl adjacent to an activating group) is 1. The van der Waals surface area contributed by atoms with Crippen molar-refractivity contribution in [1.82, 2.24) is 9.80 Å². The van der Waals surface area contributed by atoms with Gasteiger partial charge in [-0.05, 0) is 32.0 Å². The van der Waals surface area contributed by atoms with Crippen LogP contribution in [-0.4, -0.2) is 83.8 Å². The molecule has 0 bridgehead atoms. The van der Waals surface area contributed by atoms with Crippen LogP contribution in [0.4, 0.5) is 14.5 Å². The summed E-state index contributed by atoms with van der Waals surface area (Å²) in [5, 5.41) is 12.1.